The van der Waals surface area contributed by atoms with E-state index >= 15 is 0 Å². The van der Waals surface area contributed by atoms with Crippen molar-refractivity contribution in [3.63, 3.8) is 0 Å². The van der Waals surface area contributed by atoms with E-state index in [1.165, 1.54) is 0 Å². The lowest BCUT2D eigenvalue weighted by molar-refractivity contribution is 1.09. The van der Waals surface area contributed by atoms with Gasteiger partial charge < -0.3 is 15.3 Å². The minimum Gasteiger partial charge on any atom is -0.324 e. The maximum atomic E-state index is 3.97. The second-order valence-corrected chi connectivity index (χ2v) is 3.47. The lowest BCUT2D eigenvalue weighted by atomic mass is 9.42. The Balaban J connectivity index is 2.09. The zero-order valence-electron chi connectivity index (χ0n) is 8.38. The van der Waals surface area contributed by atoms with Crippen molar-refractivity contribution in [2.45, 2.75) is 0 Å². The van der Waals surface area contributed by atoms with E-state index in [2.05, 4.69) is 30.6 Å². The molecule has 0 aromatic carbocycles. The fourth-order valence-electron chi connectivity index (χ4n) is 1.78. The van der Waals surface area contributed by atoms with E-state index in [0.29, 0.717) is 0 Å². The summed E-state index contributed by atoms with van der Waals surface area (Å²) in [5.41, 5.74) is 2.98. The lowest BCUT2D eigenvalue weighted by Crippen LogP contribution is -2.54. The van der Waals surface area contributed by atoms with Crippen LogP contribution >= 0.6 is 0 Å². The van der Waals surface area contributed by atoms with Gasteiger partial charge in [0.25, 0.3) is 0 Å². The highest BCUT2D eigenvalue weighted by Crippen LogP contribution is 1.86. The van der Waals surface area contributed by atoms with Crippen molar-refractivity contribution in [1.29, 1.82) is 0 Å². The van der Waals surface area contributed by atoms with Crippen LogP contribution in [0.1, 0.15) is 0 Å². The summed E-state index contributed by atoms with van der Waals surface area (Å²) < 4.78 is 0. The van der Waals surface area contributed by atoms with Gasteiger partial charge in [-0.05, 0) is 0 Å². The van der Waals surface area contributed by atoms with Gasteiger partial charge in [0.1, 0.15) is 0 Å². The Hall–Kier alpha value is -2.31. The second-order valence-electron chi connectivity index (χ2n) is 3.47. The molecule has 0 amide bonds. The Morgan fingerprint density at radius 1 is 0.688 bits per heavy atom. The van der Waals surface area contributed by atoms with E-state index in [4.69, 9.17) is 0 Å². The second kappa shape index (κ2) is 3.69. The summed E-state index contributed by atoms with van der Waals surface area (Å²) in [5, 5.41) is 20.8. The van der Waals surface area contributed by atoms with Gasteiger partial charge in [0.05, 0.1) is 0 Å². The molecule has 3 N–H and O–H groups in total. The molecule has 7 heteroatoms. The van der Waals surface area contributed by atoms with Crippen LogP contribution in [-0.4, -0.2) is 37.3 Å². The molecule has 3 aromatic heterocycles. The van der Waals surface area contributed by atoms with Crippen molar-refractivity contribution < 1.29 is 0 Å². The molecule has 1 radical (unpaired) electrons. The van der Waals surface area contributed by atoms with Gasteiger partial charge in [0.15, 0.2) is 0 Å². The van der Waals surface area contributed by atoms with E-state index in [1.807, 2.05) is 18.2 Å². The van der Waals surface area contributed by atoms with Gasteiger partial charge >= 0.3 is 0 Å². The number of H-pyrrole nitrogens is 3. The molecule has 0 fully saturated rings. The maximum Gasteiger partial charge on any atom is 0.0452 e. The highest BCUT2D eigenvalue weighted by molar-refractivity contribution is 6.93. The molecule has 0 aliphatic heterocycles. The van der Waals surface area contributed by atoms with E-state index in [0.717, 1.165) is 16.8 Å². The van der Waals surface area contributed by atoms with Gasteiger partial charge in [-0.25, -0.2) is 0 Å². The predicted molar refractivity (Wildman–Crippen MR) is 60.4 cm³/mol. The molecule has 0 bridgehead atoms. The van der Waals surface area contributed by atoms with Crippen LogP contribution in [0.3, 0.4) is 0 Å². The van der Waals surface area contributed by atoms with Crippen molar-refractivity contribution in [2.24, 2.45) is 0 Å². The Kier molecular flexibility index (Phi) is 2.07. The van der Waals surface area contributed by atoms with E-state index < -0.39 is 0 Å². The average Bonchev–Trinajstić information content (AvgIpc) is 3.02. The van der Waals surface area contributed by atoms with E-state index in [-0.39, 0.29) is 6.71 Å². The normalized spacial score (nSPS) is 11.1. The number of hydrogen-bond acceptors (Lipinski definition) is 3. The standard InChI is InChI=1S/C9H9BN6/c1-4-11-14-7(1)10(8-2-5-12-15-8)9-3-6-13-16-9/h1-6H,(H,11,14)(H,12,15)(H,13,16)/q-1. The largest absolute Gasteiger partial charge is 0.324 e. The van der Waals surface area contributed by atoms with Gasteiger partial charge in [-0.2, -0.15) is 15.3 Å². The third-order valence-electron chi connectivity index (χ3n) is 2.50. The summed E-state index contributed by atoms with van der Waals surface area (Å²) in [6.07, 6.45) is 5.19. The molecule has 3 aromatic rings. The summed E-state index contributed by atoms with van der Waals surface area (Å²) in [5.74, 6) is 0. The molecule has 3 heterocycles. The number of aromatic amines is 3. The van der Waals surface area contributed by atoms with E-state index in [1.54, 1.807) is 18.6 Å². The predicted octanol–water partition coefficient (Wildman–Crippen LogP) is -1.63. The molecule has 0 unspecified atom stereocenters. The van der Waals surface area contributed by atoms with E-state index in [9.17, 15) is 0 Å². The monoisotopic (exact) mass is 212 g/mol. The Morgan fingerprint density at radius 2 is 1.06 bits per heavy atom. The van der Waals surface area contributed by atoms with Crippen molar-refractivity contribution in [3.05, 3.63) is 36.8 Å². The number of nitrogens with one attached hydrogen (secondary N) is 3. The molecular formula is C9H9BN6-. The molecule has 0 saturated heterocycles. The van der Waals surface area contributed by atoms with Crippen LogP contribution in [0.25, 0.3) is 0 Å². The van der Waals surface area contributed by atoms with Crippen molar-refractivity contribution in [2.75, 3.05) is 0 Å². The number of hydrogen-bond donors (Lipinski definition) is 3. The van der Waals surface area contributed by atoms with Crippen LogP contribution in [0.5, 0.6) is 0 Å². The zero-order valence-corrected chi connectivity index (χ0v) is 8.38. The first kappa shape index (κ1) is 8.96. The van der Waals surface area contributed by atoms with Crippen LogP contribution in [0, 0.1) is 0 Å². The first-order chi connectivity index (χ1) is 7.95. The lowest BCUT2D eigenvalue weighted by Gasteiger charge is -2.22. The SMILES string of the molecule is c1cc([B-](c2ccn[nH]2)c2ccn[nH]2)[nH]n1. The smallest absolute Gasteiger partial charge is 0.0452 e. The molecular weight excluding hydrogens is 203 g/mol. The highest BCUT2D eigenvalue weighted by atomic mass is 15.1. The fraction of sp³-hybridized carbons (Fsp3) is 0. The topological polar surface area (TPSA) is 86.0 Å². The molecule has 0 atom stereocenters. The molecule has 3 rings (SSSR count). The summed E-state index contributed by atoms with van der Waals surface area (Å²) in [7, 11) is 0. The molecule has 16 heavy (non-hydrogen) atoms. The van der Waals surface area contributed by atoms with Gasteiger partial charge in [-0.3, -0.25) is 0 Å². The molecule has 79 valence electrons. The third kappa shape index (κ3) is 1.42. The Bertz CT molecular complexity index is 445. The molecule has 0 aliphatic carbocycles. The number of nitrogens with zero attached hydrogens (tertiary/aromatic N) is 3. The molecule has 0 saturated carbocycles. The van der Waals surface area contributed by atoms with Crippen LogP contribution in [-0.2, 0) is 0 Å². The van der Waals surface area contributed by atoms with Gasteiger partial charge in [0, 0.05) is 25.3 Å². The maximum absolute atomic E-state index is 3.97. The van der Waals surface area contributed by atoms with Crippen molar-refractivity contribution in [3.8, 4) is 0 Å². The fourth-order valence-corrected chi connectivity index (χ4v) is 1.78. The average molecular weight is 212 g/mol. The molecule has 6 nitrogen and oxygen atoms in total. The first-order valence-electron chi connectivity index (χ1n) is 4.93. The number of rotatable bonds is 3. The summed E-state index contributed by atoms with van der Waals surface area (Å²) in [6, 6.07) is 5.81. The summed E-state index contributed by atoms with van der Waals surface area (Å²) in [6.45, 7) is 0.0347. The Morgan fingerprint density at radius 3 is 1.31 bits per heavy atom. The van der Waals surface area contributed by atoms with Gasteiger partial charge in [0.2, 0.25) is 0 Å². The summed E-state index contributed by atoms with van der Waals surface area (Å²) in [4.78, 5) is 0. The molecule has 0 aliphatic rings. The minimum absolute atomic E-state index is 0.0347. The van der Waals surface area contributed by atoms with Crippen LogP contribution < -0.4 is 16.8 Å². The van der Waals surface area contributed by atoms with Crippen LogP contribution in [0.4, 0.5) is 0 Å². The minimum atomic E-state index is 0.0347. The van der Waals surface area contributed by atoms with Crippen molar-refractivity contribution in [1.82, 2.24) is 30.6 Å². The van der Waals surface area contributed by atoms with Gasteiger partial charge in [-0.1, -0.05) is 18.2 Å². The number of aromatic nitrogens is 6. The van der Waals surface area contributed by atoms with Crippen LogP contribution in [0.2, 0.25) is 0 Å². The quantitative estimate of drug-likeness (QED) is 0.455. The third-order valence-corrected chi connectivity index (χ3v) is 2.50. The first-order valence-corrected chi connectivity index (χ1v) is 4.93. The van der Waals surface area contributed by atoms with Crippen LogP contribution in [0.15, 0.2) is 36.8 Å². The highest BCUT2D eigenvalue weighted by Gasteiger charge is 2.09. The Labute approximate surface area is 91.6 Å². The van der Waals surface area contributed by atoms with Gasteiger partial charge in [-0.15, -0.1) is 16.8 Å². The zero-order chi connectivity index (χ0) is 10.8. The molecule has 0 spiro atoms. The summed E-state index contributed by atoms with van der Waals surface area (Å²) >= 11 is 0. The van der Waals surface area contributed by atoms with Crippen molar-refractivity contribution >= 4 is 23.5 Å².